The van der Waals surface area contributed by atoms with Crippen LogP contribution < -0.4 is 39.9 Å². The molecule has 0 aromatic heterocycles. The smallest absolute Gasteiger partial charge is 0.744 e. The van der Waals surface area contributed by atoms with Crippen LogP contribution in [-0.2, 0) is 19.7 Å². The Labute approximate surface area is 181 Å². The molecule has 0 radical (unpaired) electrons. The van der Waals surface area contributed by atoms with E-state index in [1.54, 1.807) is 0 Å². The van der Waals surface area contributed by atoms with Gasteiger partial charge < -0.3 is 9.87 Å². The van der Waals surface area contributed by atoms with Gasteiger partial charge in [0.15, 0.2) is 0 Å². The van der Waals surface area contributed by atoms with Crippen molar-refractivity contribution >= 4 is 33.5 Å². The van der Waals surface area contributed by atoms with Crippen molar-refractivity contribution in [1.82, 2.24) is 5.32 Å². The first-order chi connectivity index (χ1) is 12.3. The standard InChI is InChI=1S/C17H23N3O5S.Na/c1-2-3-4-5-6-7-16(21)18-15-12-17(22)20(19-15)13-8-10-14(11-9-13)26(23,24)25;/h8-11H,2-7,12H2,1H3,(H,18,19,21)(H,23,24,25);/q;+1/p-1. The van der Waals surface area contributed by atoms with Gasteiger partial charge in [-0.25, -0.2) is 8.42 Å². The minimum Gasteiger partial charge on any atom is -0.744 e. The molecule has 1 aliphatic rings. The largest absolute Gasteiger partial charge is 1.00 e. The van der Waals surface area contributed by atoms with E-state index in [-0.39, 0.29) is 58.5 Å². The van der Waals surface area contributed by atoms with E-state index in [1.165, 1.54) is 12.1 Å². The summed E-state index contributed by atoms with van der Waals surface area (Å²) in [6.45, 7) is 2.13. The molecule has 0 bridgehead atoms. The maximum absolute atomic E-state index is 12.1. The van der Waals surface area contributed by atoms with Crippen molar-refractivity contribution in [3.8, 4) is 0 Å². The molecule has 8 nitrogen and oxygen atoms in total. The molecule has 10 heteroatoms. The minimum absolute atomic E-state index is 0. The van der Waals surface area contributed by atoms with Gasteiger partial charge in [0, 0.05) is 6.42 Å². The van der Waals surface area contributed by atoms with Crippen molar-refractivity contribution in [2.24, 2.45) is 5.10 Å². The van der Waals surface area contributed by atoms with Crippen molar-refractivity contribution in [3.05, 3.63) is 24.3 Å². The third kappa shape index (κ3) is 7.34. The van der Waals surface area contributed by atoms with E-state index in [9.17, 15) is 22.6 Å². The molecule has 0 atom stereocenters. The minimum atomic E-state index is -4.54. The molecule has 0 spiro atoms. The molecule has 142 valence electrons. The third-order valence-corrected chi connectivity index (χ3v) is 4.79. The molecule has 1 heterocycles. The average molecular weight is 403 g/mol. The van der Waals surface area contributed by atoms with Crippen LogP contribution in [0.4, 0.5) is 5.69 Å². The summed E-state index contributed by atoms with van der Waals surface area (Å²) in [5.41, 5.74) is 0.325. The summed E-state index contributed by atoms with van der Waals surface area (Å²) in [6, 6.07) is 4.88. The van der Waals surface area contributed by atoms with E-state index in [0.29, 0.717) is 12.1 Å². The van der Waals surface area contributed by atoms with Gasteiger partial charge in [-0.15, -0.1) is 0 Å². The SMILES string of the molecule is CCCCCCCC(=O)NC1=NN(c2ccc(S(=O)(=O)[O-])cc2)C(=O)C1.[Na+]. The van der Waals surface area contributed by atoms with Crippen LogP contribution in [-0.4, -0.2) is 30.6 Å². The first-order valence-corrected chi connectivity index (χ1v) is 9.98. The average Bonchev–Trinajstić information content (AvgIpc) is 2.94. The number of hydrogen-bond donors (Lipinski definition) is 1. The van der Waals surface area contributed by atoms with Gasteiger partial charge in [0.2, 0.25) is 5.91 Å². The van der Waals surface area contributed by atoms with E-state index in [4.69, 9.17) is 0 Å². The Morgan fingerprint density at radius 3 is 2.41 bits per heavy atom. The Hall–Kier alpha value is -1.26. The molecule has 1 aromatic carbocycles. The molecular weight excluding hydrogens is 381 g/mol. The zero-order valence-electron chi connectivity index (χ0n) is 15.6. The van der Waals surface area contributed by atoms with Crippen LogP contribution in [0.15, 0.2) is 34.3 Å². The van der Waals surface area contributed by atoms with Crippen LogP contribution >= 0.6 is 0 Å². The Morgan fingerprint density at radius 2 is 1.81 bits per heavy atom. The van der Waals surface area contributed by atoms with Gasteiger partial charge in [-0.3, -0.25) is 9.59 Å². The maximum Gasteiger partial charge on any atom is 1.00 e. The van der Waals surface area contributed by atoms with Gasteiger partial charge in [-0.2, -0.15) is 10.1 Å². The number of benzene rings is 1. The van der Waals surface area contributed by atoms with Crippen LogP contribution in [0.5, 0.6) is 0 Å². The maximum atomic E-state index is 12.1. The van der Waals surface area contributed by atoms with Crippen molar-refractivity contribution in [2.75, 3.05) is 5.01 Å². The predicted molar refractivity (Wildman–Crippen MR) is 95.5 cm³/mol. The summed E-state index contributed by atoms with van der Waals surface area (Å²) in [5, 5.41) is 7.79. The molecule has 1 aliphatic heterocycles. The molecule has 27 heavy (non-hydrogen) atoms. The van der Waals surface area contributed by atoms with Gasteiger partial charge in [0.25, 0.3) is 5.91 Å². The van der Waals surface area contributed by atoms with E-state index in [1.807, 2.05) is 0 Å². The summed E-state index contributed by atoms with van der Waals surface area (Å²) in [5.74, 6) is -0.266. The van der Waals surface area contributed by atoms with Crippen LogP contribution in [0.2, 0.25) is 0 Å². The third-order valence-electron chi connectivity index (χ3n) is 3.94. The van der Waals surface area contributed by atoms with Gasteiger partial charge in [-0.05, 0) is 30.7 Å². The van der Waals surface area contributed by atoms with Crippen molar-refractivity contribution in [3.63, 3.8) is 0 Å². The van der Waals surface area contributed by atoms with E-state index in [2.05, 4.69) is 17.3 Å². The fourth-order valence-corrected chi connectivity index (χ4v) is 3.04. The van der Waals surface area contributed by atoms with E-state index < -0.39 is 10.1 Å². The van der Waals surface area contributed by atoms with Crippen molar-refractivity contribution in [1.29, 1.82) is 0 Å². The number of unbranched alkanes of at least 4 members (excludes halogenated alkanes) is 4. The number of amidine groups is 1. The Kier molecular flexibility index (Phi) is 9.61. The van der Waals surface area contributed by atoms with Crippen LogP contribution in [0, 0.1) is 0 Å². The topological polar surface area (TPSA) is 119 Å². The molecule has 1 N–H and O–H groups in total. The Bertz CT molecular complexity index is 793. The number of nitrogens with zero attached hydrogens (tertiary/aromatic N) is 2. The summed E-state index contributed by atoms with van der Waals surface area (Å²) in [4.78, 5) is 23.6. The first-order valence-electron chi connectivity index (χ1n) is 8.57. The molecule has 2 amide bonds. The normalized spacial score (nSPS) is 13.9. The number of carbonyl (C=O) groups is 2. The number of anilines is 1. The summed E-state index contributed by atoms with van der Waals surface area (Å²) in [7, 11) is -4.54. The molecule has 0 unspecified atom stereocenters. The van der Waals surface area contributed by atoms with Crippen LogP contribution in [0.25, 0.3) is 0 Å². The number of carbonyl (C=O) groups excluding carboxylic acids is 2. The van der Waals surface area contributed by atoms with Gasteiger partial charge in [0.05, 0.1) is 17.0 Å². The zero-order chi connectivity index (χ0) is 19.2. The zero-order valence-corrected chi connectivity index (χ0v) is 18.4. The van der Waals surface area contributed by atoms with E-state index in [0.717, 1.165) is 49.2 Å². The fourth-order valence-electron chi connectivity index (χ4n) is 2.57. The molecule has 0 saturated carbocycles. The van der Waals surface area contributed by atoms with Crippen LogP contribution in [0.1, 0.15) is 51.9 Å². The summed E-state index contributed by atoms with van der Waals surface area (Å²) >= 11 is 0. The molecule has 1 aromatic rings. The van der Waals surface area contributed by atoms with Crippen LogP contribution in [0.3, 0.4) is 0 Å². The number of rotatable bonds is 8. The molecule has 0 fully saturated rings. The molecule has 0 saturated heterocycles. The second-order valence-corrected chi connectivity index (χ2v) is 7.47. The van der Waals surface area contributed by atoms with E-state index >= 15 is 0 Å². The number of hydrogen-bond acceptors (Lipinski definition) is 6. The van der Waals surface area contributed by atoms with Crippen molar-refractivity contribution < 1.29 is 52.1 Å². The second-order valence-electron chi connectivity index (χ2n) is 6.09. The molecule has 2 rings (SSSR count). The monoisotopic (exact) mass is 403 g/mol. The molecular formula is C17H22N3NaO5S. The first kappa shape index (κ1) is 23.8. The number of amides is 2. The molecule has 0 aliphatic carbocycles. The second kappa shape index (κ2) is 10.9. The number of hydrazone groups is 1. The number of nitrogens with one attached hydrogen (secondary N) is 1. The van der Waals surface area contributed by atoms with Gasteiger partial charge in [0.1, 0.15) is 16.0 Å². The fraction of sp³-hybridized carbons (Fsp3) is 0.471. The Balaban J connectivity index is 0.00000364. The summed E-state index contributed by atoms with van der Waals surface area (Å²) < 4.78 is 32.8. The Morgan fingerprint density at radius 1 is 1.19 bits per heavy atom. The predicted octanol–water partition coefficient (Wildman–Crippen LogP) is -0.878. The van der Waals surface area contributed by atoms with Gasteiger partial charge >= 0.3 is 29.6 Å². The van der Waals surface area contributed by atoms with Gasteiger partial charge in [-0.1, -0.05) is 32.6 Å². The summed E-state index contributed by atoms with van der Waals surface area (Å²) in [6.07, 6.45) is 5.53. The van der Waals surface area contributed by atoms with Crippen molar-refractivity contribution in [2.45, 2.75) is 56.8 Å². The quantitative estimate of drug-likeness (QED) is 0.344.